The van der Waals surface area contributed by atoms with Crippen molar-refractivity contribution in [1.82, 2.24) is 9.46 Å². The molecule has 1 aliphatic heterocycles. The Kier molecular flexibility index (Phi) is 7.47. The van der Waals surface area contributed by atoms with Crippen LogP contribution in [-0.2, 0) is 14.8 Å². The molecule has 0 radical (unpaired) electrons. The molecule has 7 nitrogen and oxygen atoms in total. The quantitative estimate of drug-likeness (QED) is 0.481. The van der Waals surface area contributed by atoms with Crippen molar-refractivity contribution in [3.05, 3.63) is 75.7 Å². The number of carbonyl (C=O) groups is 1. The molecule has 0 aliphatic carbocycles. The lowest BCUT2D eigenvalue weighted by Crippen LogP contribution is -2.44. The molecule has 2 heterocycles. The maximum absolute atomic E-state index is 13.7. The molecular formula is C28H33N3O4S. The minimum Gasteiger partial charge on any atom is -0.355 e. The summed E-state index contributed by atoms with van der Waals surface area (Å²) in [5.74, 6) is -0.418. The number of piperidine rings is 1. The van der Waals surface area contributed by atoms with Crippen LogP contribution < -0.4 is 5.32 Å². The second kappa shape index (κ2) is 10.4. The smallest absolute Gasteiger partial charge is 0.248 e. The fourth-order valence-electron chi connectivity index (χ4n) is 4.53. The van der Waals surface area contributed by atoms with Crippen molar-refractivity contribution < 1.29 is 17.7 Å². The third kappa shape index (κ3) is 5.29. The van der Waals surface area contributed by atoms with Gasteiger partial charge in [0.2, 0.25) is 15.9 Å². The first-order chi connectivity index (χ1) is 17.1. The van der Waals surface area contributed by atoms with Gasteiger partial charge in [0.15, 0.2) is 10.7 Å². The normalized spacial score (nSPS) is 17.0. The van der Waals surface area contributed by atoms with Crippen molar-refractivity contribution in [2.45, 2.75) is 52.4 Å². The van der Waals surface area contributed by atoms with Crippen LogP contribution in [0, 0.1) is 40.5 Å². The number of sulfonamides is 1. The van der Waals surface area contributed by atoms with Crippen molar-refractivity contribution in [3.63, 3.8) is 0 Å². The van der Waals surface area contributed by atoms with Gasteiger partial charge in [0.1, 0.15) is 5.69 Å². The van der Waals surface area contributed by atoms with Gasteiger partial charge in [-0.1, -0.05) is 47.1 Å². The third-order valence-corrected chi connectivity index (χ3v) is 8.92. The molecule has 190 valence electrons. The van der Waals surface area contributed by atoms with Crippen LogP contribution in [0.5, 0.6) is 0 Å². The first-order valence-electron chi connectivity index (χ1n) is 12.2. The number of hydrogen-bond acceptors (Lipinski definition) is 5. The molecule has 4 rings (SSSR count). The van der Waals surface area contributed by atoms with Gasteiger partial charge in [-0.3, -0.25) is 4.79 Å². The fourth-order valence-corrected chi connectivity index (χ4v) is 6.30. The summed E-state index contributed by atoms with van der Waals surface area (Å²) in [5, 5.41) is 6.94. The van der Waals surface area contributed by atoms with Gasteiger partial charge in [-0.15, -0.1) is 0 Å². The fraction of sp³-hybridized carbons (Fsp3) is 0.357. The molecule has 36 heavy (non-hydrogen) atoms. The van der Waals surface area contributed by atoms with Crippen molar-refractivity contribution in [3.8, 4) is 0 Å². The molecule has 1 atom stereocenters. The van der Waals surface area contributed by atoms with Crippen molar-refractivity contribution in [2.24, 2.45) is 5.92 Å². The Hall–Kier alpha value is -3.23. The van der Waals surface area contributed by atoms with E-state index in [0.717, 1.165) is 33.5 Å². The average Bonchev–Trinajstić information content (AvgIpc) is 3.23. The van der Waals surface area contributed by atoms with E-state index >= 15 is 0 Å². The van der Waals surface area contributed by atoms with E-state index in [1.54, 1.807) is 13.0 Å². The van der Waals surface area contributed by atoms with E-state index in [1.165, 1.54) is 4.31 Å². The van der Waals surface area contributed by atoms with Crippen LogP contribution >= 0.6 is 0 Å². The highest BCUT2D eigenvalue weighted by Gasteiger charge is 2.37. The molecule has 1 aromatic heterocycles. The number of benzene rings is 2. The minimum atomic E-state index is -3.91. The van der Waals surface area contributed by atoms with E-state index in [9.17, 15) is 13.2 Å². The Morgan fingerprint density at radius 3 is 2.64 bits per heavy atom. The largest absolute Gasteiger partial charge is 0.355 e. The van der Waals surface area contributed by atoms with Crippen LogP contribution in [0.1, 0.15) is 52.1 Å². The Bertz CT molecular complexity index is 1420. The van der Waals surface area contributed by atoms with Crippen LogP contribution in [-0.4, -0.2) is 36.9 Å². The Morgan fingerprint density at radius 1 is 1.08 bits per heavy atom. The monoisotopic (exact) mass is 507 g/mol. The molecule has 1 N–H and O–H groups in total. The third-order valence-electron chi connectivity index (χ3n) is 6.90. The van der Waals surface area contributed by atoms with Crippen LogP contribution in [0.3, 0.4) is 0 Å². The van der Waals surface area contributed by atoms with Gasteiger partial charge in [-0.25, -0.2) is 8.42 Å². The maximum atomic E-state index is 13.7. The lowest BCUT2D eigenvalue weighted by Gasteiger charge is -2.31. The molecule has 0 saturated carbocycles. The zero-order valence-corrected chi connectivity index (χ0v) is 22.3. The number of nitrogens with one attached hydrogen (secondary N) is 1. The van der Waals surface area contributed by atoms with Gasteiger partial charge in [0, 0.05) is 18.8 Å². The zero-order valence-electron chi connectivity index (χ0n) is 21.5. The van der Waals surface area contributed by atoms with Crippen LogP contribution in [0.4, 0.5) is 5.69 Å². The van der Waals surface area contributed by atoms with Crippen LogP contribution in [0.2, 0.25) is 0 Å². The number of aromatic nitrogens is 1. The van der Waals surface area contributed by atoms with Gasteiger partial charge in [0.25, 0.3) is 0 Å². The molecular weight excluding hydrogens is 474 g/mol. The SMILES string of the molecule is Cc1ccc(C)c(/C=C/c2onc(C)c2S(=O)(=O)N2CCC[C@@H](C(=O)Nc3cccc(C)c3C)C2)c1. The molecule has 1 amide bonds. The second-order valence-electron chi connectivity index (χ2n) is 9.59. The summed E-state index contributed by atoms with van der Waals surface area (Å²) in [6.07, 6.45) is 4.73. The van der Waals surface area contributed by atoms with Crippen molar-refractivity contribution in [2.75, 3.05) is 18.4 Å². The molecule has 1 aliphatic rings. The summed E-state index contributed by atoms with van der Waals surface area (Å²) in [5.41, 5.74) is 6.32. The predicted molar refractivity (Wildman–Crippen MR) is 142 cm³/mol. The highest BCUT2D eigenvalue weighted by molar-refractivity contribution is 7.89. The first-order valence-corrected chi connectivity index (χ1v) is 13.6. The summed E-state index contributed by atoms with van der Waals surface area (Å²) in [7, 11) is -3.91. The number of rotatable bonds is 6. The van der Waals surface area contributed by atoms with E-state index in [-0.39, 0.29) is 23.1 Å². The van der Waals surface area contributed by atoms with Gasteiger partial charge in [-0.2, -0.15) is 4.31 Å². The highest BCUT2D eigenvalue weighted by atomic mass is 32.2. The molecule has 3 aromatic rings. The summed E-state index contributed by atoms with van der Waals surface area (Å²) < 4.78 is 34.2. The van der Waals surface area contributed by atoms with E-state index in [1.807, 2.05) is 70.2 Å². The van der Waals surface area contributed by atoms with Gasteiger partial charge in [-0.05, 0) is 81.9 Å². The molecule has 0 bridgehead atoms. The second-order valence-corrected chi connectivity index (χ2v) is 11.5. The van der Waals surface area contributed by atoms with E-state index in [0.29, 0.717) is 25.1 Å². The average molecular weight is 508 g/mol. The van der Waals surface area contributed by atoms with Gasteiger partial charge in [0.05, 0.1) is 5.92 Å². The molecule has 2 aromatic carbocycles. The lowest BCUT2D eigenvalue weighted by molar-refractivity contribution is -0.120. The Labute approximate surface area is 213 Å². The summed E-state index contributed by atoms with van der Waals surface area (Å²) in [6.45, 7) is 10.1. The van der Waals surface area contributed by atoms with Crippen molar-refractivity contribution >= 4 is 33.8 Å². The number of amides is 1. The van der Waals surface area contributed by atoms with E-state index < -0.39 is 15.9 Å². The molecule has 0 unspecified atom stereocenters. The lowest BCUT2D eigenvalue weighted by atomic mass is 9.98. The van der Waals surface area contributed by atoms with Gasteiger partial charge >= 0.3 is 0 Å². The number of aryl methyl sites for hydroxylation is 4. The van der Waals surface area contributed by atoms with E-state index in [4.69, 9.17) is 4.52 Å². The van der Waals surface area contributed by atoms with Crippen molar-refractivity contribution in [1.29, 1.82) is 0 Å². The Balaban J connectivity index is 1.56. The highest BCUT2D eigenvalue weighted by Crippen LogP contribution is 2.30. The van der Waals surface area contributed by atoms with Crippen LogP contribution in [0.15, 0.2) is 45.8 Å². The molecule has 1 saturated heterocycles. The summed E-state index contributed by atoms with van der Waals surface area (Å²) >= 11 is 0. The minimum absolute atomic E-state index is 0.0552. The first kappa shape index (κ1) is 25.9. The van der Waals surface area contributed by atoms with E-state index in [2.05, 4.69) is 10.5 Å². The van der Waals surface area contributed by atoms with Crippen LogP contribution in [0.25, 0.3) is 12.2 Å². The molecule has 8 heteroatoms. The number of anilines is 1. The molecule has 1 fully saturated rings. The molecule has 0 spiro atoms. The topological polar surface area (TPSA) is 92.5 Å². The number of carbonyl (C=O) groups excluding carboxylic acids is 1. The summed E-state index contributed by atoms with van der Waals surface area (Å²) in [6, 6.07) is 11.9. The summed E-state index contributed by atoms with van der Waals surface area (Å²) in [4.78, 5) is 13.1. The number of hydrogen-bond donors (Lipinski definition) is 1. The zero-order chi connectivity index (χ0) is 26.0. The van der Waals surface area contributed by atoms with Gasteiger partial charge < -0.3 is 9.84 Å². The maximum Gasteiger partial charge on any atom is 0.248 e. The standard InChI is InChI=1S/C28H33N3O4S/c1-18-11-12-20(3)23(16-18)13-14-26-27(22(5)30-35-26)36(33,34)31-15-7-9-24(17-31)28(32)29-25-10-6-8-19(2)21(25)4/h6,8,10-14,16,24H,7,9,15,17H2,1-5H3,(H,29,32)/b14-13+/t24-/m1/s1. The predicted octanol–water partition coefficient (Wildman–Crippen LogP) is 5.43. The number of nitrogens with zero attached hydrogens (tertiary/aromatic N) is 2. The Morgan fingerprint density at radius 2 is 1.86 bits per heavy atom.